The molecule has 2 saturated heterocycles. The average Bonchev–Trinajstić information content (AvgIpc) is 2.99. The van der Waals surface area contributed by atoms with E-state index in [-0.39, 0.29) is 6.42 Å². The summed E-state index contributed by atoms with van der Waals surface area (Å²) in [5.41, 5.74) is 3.28. The van der Waals surface area contributed by atoms with Gasteiger partial charge in [0, 0.05) is 62.4 Å². The summed E-state index contributed by atoms with van der Waals surface area (Å²) in [4.78, 5) is 14.0. The van der Waals surface area contributed by atoms with Gasteiger partial charge in [-0.15, -0.1) is 0 Å². The fourth-order valence-corrected chi connectivity index (χ4v) is 7.03. The van der Waals surface area contributed by atoms with E-state index >= 15 is 0 Å². The minimum Gasteiger partial charge on any atom is -0.494 e. The van der Waals surface area contributed by atoms with E-state index in [1.807, 2.05) is 36.4 Å². The van der Waals surface area contributed by atoms with Crippen molar-refractivity contribution in [2.45, 2.75) is 25.3 Å². The van der Waals surface area contributed by atoms with Crippen LogP contribution in [0, 0.1) is 11.3 Å². The highest BCUT2D eigenvalue weighted by molar-refractivity contribution is 7.70. The molecule has 0 bridgehead atoms. The van der Waals surface area contributed by atoms with E-state index in [1.54, 1.807) is 20.4 Å². The second-order valence-corrected chi connectivity index (χ2v) is 14.6. The molecule has 3 heterocycles. The van der Waals surface area contributed by atoms with Gasteiger partial charge in [0.15, 0.2) is 5.82 Å². The number of benzene rings is 2. The van der Waals surface area contributed by atoms with Gasteiger partial charge in [-0.1, -0.05) is 23.7 Å². The maximum Gasteiger partial charge on any atom is 0.229 e. The van der Waals surface area contributed by atoms with Crippen LogP contribution in [0.1, 0.15) is 18.4 Å². The Bertz CT molecular complexity index is 1490. The van der Waals surface area contributed by atoms with Crippen molar-refractivity contribution in [3.63, 3.8) is 0 Å². The van der Waals surface area contributed by atoms with E-state index in [4.69, 9.17) is 16.3 Å². The molecule has 0 aliphatic carbocycles. The molecule has 3 N–H and O–H groups in total. The van der Waals surface area contributed by atoms with Crippen LogP contribution in [0.5, 0.6) is 5.75 Å². The van der Waals surface area contributed by atoms with Crippen LogP contribution < -0.4 is 30.9 Å². The third-order valence-electron chi connectivity index (χ3n) is 7.87. The molecule has 0 amide bonds. The summed E-state index contributed by atoms with van der Waals surface area (Å²) in [6, 6.07) is 14.3. The van der Waals surface area contributed by atoms with Gasteiger partial charge < -0.3 is 30.2 Å². The summed E-state index contributed by atoms with van der Waals surface area (Å²) in [6.45, 7) is 9.64. The van der Waals surface area contributed by atoms with E-state index in [0.29, 0.717) is 45.3 Å². The lowest BCUT2D eigenvalue weighted by atomic mass is 9.99. The highest BCUT2D eigenvalue weighted by atomic mass is 35.5. The van der Waals surface area contributed by atoms with Crippen molar-refractivity contribution in [2.24, 2.45) is 0 Å². The summed E-state index contributed by atoms with van der Waals surface area (Å²) < 4.78 is 18.6. The van der Waals surface area contributed by atoms with Gasteiger partial charge in [0.25, 0.3) is 0 Å². The minimum absolute atomic E-state index is 0.269. The van der Waals surface area contributed by atoms with Crippen LogP contribution in [0.15, 0.2) is 42.6 Å². The molecular formula is C30H38ClN8O2P. The third kappa shape index (κ3) is 6.99. The number of piperidine rings is 1. The summed E-state index contributed by atoms with van der Waals surface area (Å²) in [5, 5.41) is 20.6. The zero-order valence-corrected chi connectivity index (χ0v) is 26.0. The Kier molecular flexibility index (Phi) is 9.54. The zero-order valence-electron chi connectivity index (χ0n) is 24.4. The summed E-state index contributed by atoms with van der Waals surface area (Å²) in [5.74, 6) is 1.32. The second kappa shape index (κ2) is 13.3. The van der Waals surface area contributed by atoms with Crippen LogP contribution in [-0.4, -0.2) is 80.6 Å². The molecule has 0 atom stereocenters. The van der Waals surface area contributed by atoms with Crippen LogP contribution in [0.25, 0.3) is 0 Å². The Morgan fingerprint density at radius 3 is 2.55 bits per heavy atom. The van der Waals surface area contributed by atoms with Gasteiger partial charge in [-0.2, -0.15) is 10.2 Å². The van der Waals surface area contributed by atoms with Crippen LogP contribution in [0.4, 0.5) is 28.8 Å². The van der Waals surface area contributed by atoms with Gasteiger partial charge in [0.05, 0.1) is 37.2 Å². The van der Waals surface area contributed by atoms with Crippen molar-refractivity contribution < 1.29 is 9.30 Å². The number of para-hydroxylation sites is 1. The second-order valence-electron chi connectivity index (χ2n) is 11.0. The van der Waals surface area contributed by atoms with Crippen molar-refractivity contribution in [3.05, 3.63) is 53.2 Å². The van der Waals surface area contributed by atoms with Crippen molar-refractivity contribution in [3.8, 4) is 11.8 Å². The number of aromatic nitrogens is 2. The first-order chi connectivity index (χ1) is 20.3. The first-order valence-corrected chi connectivity index (χ1v) is 17.2. The van der Waals surface area contributed by atoms with Crippen molar-refractivity contribution in [1.82, 2.24) is 20.2 Å². The fraction of sp³-hybridized carbons (Fsp3) is 0.433. The summed E-state index contributed by atoms with van der Waals surface area (Å²) in [7, 11) is -0.911. The van der Waals surface area contributed by atoms with E-state index in [2.05, 4.69) is 41.8 Å². The van der Waals surface area contributed by atoms with Crippen molar-refractivity contribution >= 4 is 52.9 Å². The maximum absolute atomic E-state index is 12.8. The molecule has 2 fully saturated rings. The fourth-order valence-electron chi connectivity index (χ4n) is 5.73. The molecule has 222 valence electrons. The largest absolute Gasteiger partial charge is 0.494 e. The number of hydrogen-bond acceptors (Lipinski definition) is 10. The molecule has 2 aliphatic rings. The number of rotatable bonds is 9. The van der Waals surface area contributed by atoms with Crippen LogP contribution in [0.3, 0.4) is 0 Å². The number of anilines is 5. The maximum atomic E-state index is 12.8. The van der Waals surface area contributed by atoms with Gasteiger partial charge in [0.1, 0.15) is 17.9 Å². The molecule has 3 aromatic rings. The standard InChI is InChI=1S/C30H38ClN8O2P/c1-41-27-19-26(39-14-9-22(10-15-39)38-16-12-33-13-17-38)21(8-11-32)18-25(27)36-30-34-20-23(31)29(37-30)35-24-6-4-5-7-28(24)42(2,3)40/h4-7,18-20,22,33H,8-10,12-17H2,1-3H3,(H2,34,35,36,37). The number of nitrogens with zero attached hydrogens (tertiary/aromatic N) is 5. The number of hydrogen-bond donors (Lipinski definition) is 3. The van der Waals surface area contributed by atoms with E-state index in [0.717, 1.165) is 63.4 Å². The highest BCUT2D eigenvalue weighted by Crippen LogP contribution is 2.39. The normalized spacial score (nSPS) is 16.6. The SMILES string of the molecule is COc1cc(N2CCC(N3CCNCC3)CC2)c(CC#N)cc1Nc1ncc(Cl)c(Nc2ccccc2P(C)(C)=O)n1. The Labute approximate surface area is 252 Å². The molecule has 1 aromatic heterocycles. The quantitative estimate of drug-likeness (QED) is 0.292. The molecule has 10 nitrogen and oxygen atoms in total. The smallest absolute Gasteiger partial charge is 0.229 e. The molecule has 0 saturated carbocycles. The Morgan fingerprint density at radius 1 is 1.12 bits per heavy atom. The van der Waals surface area contributed by atoms with Gasteiger partial charge in [-0.05, 0) is 49.9 Å². The molecule has 0 radical (unpaired) electrons. The Morgan fingerprint density at radius 2 is 1.86 bits per heavy atom. The molecule has 5 rings (SSSR count). The number of ether oxygens (including phenoxy) is 1. The third-order valence-corrected chi connectivity index (χ3v) is 9.70. The van der Waals surface area contributed by atoms with Crippen molar-refractivity contribution in [1.29, 1.82) is 5.26 Å². The molecule has 42 heavy (non-hydrogen) atoms. The lowest BCUT2D eigenvalue weighted by Crippen LogP contribution is -2.52. The number of nitriles is 1. The van der Waals surface area contributed by atoms with Gasteiger partial charge in [-0.3, -0.25) is 4.90 Å². The molecule has 12 heteroatoms. The molecule has 0 spiro atoms. The predicted molar refractivity (Wildman–Crippen MR) is 171 cm³/mol. The predicted octanol–water partition coefficient (Wildman–Crippen LogP) is 4.81. The van der Waals surface area contributed by atoms with E-state index in [9.17, 15) is 9.83 Å². The minimum atomic E-state index is -2.54. The van der Waals surface area contributed by atoms with Crippen LogP contribution in [0.2, 0.25) is 5.02 Å². The van der Waals surface area contributed by atoms with Crippen LogP contribution >= 0.6 is 18.7 Å². The molecule has 0 unspecified atom stereocenters. The Hall–Kier alpha value is -3.35. The first kappa shape index (κ1) is 30.1. The van der Waals surface area contributed by atoms with Gasteiger partial charge >= 0.3 is 0 Å². The molecular weight excluding hydrogens is 571 g/mol. The van der Waals surface area contributed by atoms with Gasteiger partial charge in [-0.25, -0.2) is 4.98 Å². The van der Waals surface area contributed by atoms with E-state index in [1.165, 1.54) is 6.20 Å². The monoisotopic (exact) mass is 608 g/mol. The molecule has 2 aromatic carbocycles. The zero-order chi connectivity index (χ0) is 29.7. The highest BCUT2D eigenvalue weighted by Gasteiger charge is 2.27. The lowest BCUT2D eigenvalue weighted by molar-refractivity contribution is 0.150. The summed E-state index contributed by atoms with van der Waals surface area (Å²) >= 11 is 6.45. The number of halogens is 1. The Balaban J connectivity index is 1.37. The van der Waals surface area contributed by atoms with Crippen LogP contribution in [-0.2, 0) is 11.0 Å². The average molecular weight is 609 g/mol. The number of nitrogens with one attached hydrogen (secondary N) is 3. The number of methoxy groups -OCH3 is 1. The number of piperazine rings is 1. The molecule has 2 aliphatic heterocycles. The van der Waals surface area contributed by atoms with E-state index < -0.39 is 7.14 Å². The van der Waals surface area contributed by atoms with Gasteiger partial charge in [0.2, 0.25) is 5.95 Å². The lowest BCUT2D eigenvalue weighted by Gasteiger charge is -2.41. The van der Waals surface area contributed by atoms with Crippen molar-refractivity contribution in [2.75, 3.05) is 75.2 Å². The summed E-state index contributed by atoms with van der Waals surface area (Å²) in [6.07, 6.45) is 3.97. The first-order valence-electron chi connectivity index (χ1n) is 14.3. The topological polar surface area (TPSA) is 118 Å².